The van der Waals surface area contributed by atoms with Crippen LogP contribution in [0.15, 0.2) is 30.6 Å². The Morgan fingerprint density at radius 3 is 2.56 bits per heavy atom. The average Bonchev–Trinajstić information content (AvgIpc) is 2.82. The Balaban J connectivity index is 1.42. The van der Waals surface area contributed by atoms with Crippen LogP contribution in [0.1, 0.15) is 33.6 Å². The number of nitrogen functional groups attached to an aromatic ring is 1. The Morgan fingerprint density at radius 1 is 1.14 bits per heavy atom. The maximum absolute atomic E-state index is 14.1. The summed E-state index contributed by atoms with van der Waals surface area (Å²) in [5.74, 6) is -3.37. The number of carbonyl (C=O) groups excluding carboxylic acids is 1. The third-order valence-corrected chi connectivity index (χ3v) is 5.80. The summed E-state index contributed by atoms with van der Waals surface area (Å²) in [5, 5.41) is 3.12. The zero-order chi connectivity index (χ0) is 26.0. The van der Waals surface area contributed by atoms with E-state index in [2.05, 4.69) is 15.3 Å². The molecule has 1 aliphatic heterocycles. The van der Waals surface area contributed by atoms with Gasteiger partial charge in [0.1, 0.15) is 23.5 Å². The summed E-state index contributed by atoms with van der Waals surface area (Å²) in [7, 11) is 0. The second-order valence-corrected chi connectivity index (χ2v) is 9.70. The second kappa shape index (κ2) is 10.1. The van der Waals surface area contributed by atoms with Crippen molar-refractivity contribution in [3.8, 4) is 5.75 Å². The van der Waals surface area contributed by atoms with Crippen LogP contribution in [-0.2, 0) is 4.74 Å². The monoisotopic (exact) mass is 503 g/mol. The fourth-order valence-electron chi connectivity index (χ4n) is 3.89. The largest absolute Gasteiger partial charge is 0.491 e. The van der Waals surface area contributed by atoms with Crippen molar-refractivity contribution in [1.82, 2.24) is 14.9 Å². The molecule has 2 heterocycles. The molecule has 1 fully saturated rings. The molecule has 36 heavy (non-hydrogen) atoms. The molecular weight excluding hydrogens is 475 g/mol. The predicted molar refractivity (Wildman–Crippen MR) is 130 cm³/mol. The number of anilines is 3. The summed E-state index contributed by atoms with van der Waals surface area (Å²) in [5.41, 5.74) is 6.18. The topological polar surface area (TPSA) is 103 Å². The number of nitrogens with one attached hydrogen (secondary N) is 1. The van der Waals surface area contributed by atoms with Gasteiger partial charge in [-0.05, 0) is 57.7 Å². The van der Waals surface area contributed by atoms with Gasteiger partial charge in [0, 0.05) is 24.5 Å². The average molecular weight is 504 g/mol. The van der Waals surface area contributed by atoms with Crippen molar-refractivity contribution >= 4 is 34.2 Å². The Kier molecular flexibility index (Phi) is 7.09. The van der Waals surface area contributed by atoms with Gasteiger partial charge in [-0.15, -0.1) is 0 Å². The molecule has 0 saturated carbocycles. The van der Waals surface area contributed by atoms with Crippen LogP contribution in [0.5, 0.6) is 5.75 Å². The van der Waals surface area contributed by atoms with Gasteiger partial charge in [-0.2, -0.15) is 0 Å². The number of nitrogens with two attached hydrogens (primary N) is 1. The normalized spacial score (nSPS) is 14.7. The molecule has 3 aromatic rings. The number of amides is 1. The molecule has 0 atom stereocenters. The van der Waals surface area contributed by atoms with Gasteiger partial charge in [-0.25, -0.2) is 27.9 Å². The van der Waals surface area contributed by atoms with Crippen LogP contribution in [0.3, 0.4) is 0 Å². The van der Waals surface area contributed by atoms with Gasteiger partial charge in [0.05, 0.1) is 23.5 Å². The number of carbonyl (C=O) groups is 1. The minimum absolute atomic E-state index is 0.178. The molecule has 192 valence electrons. The fraction of sp³-hybridized carbons (Fsp3) is 0.400. The predicted octanol–water partition coefficient (Wildman–Crippen LogP) is 5.40. The van der Waals surface area contributed by atoms with Crippen LogP contribution >= 0.6 is 0 Å². The molecule has 0 spiro atoms. The highest BCUT2D eigenvalue weighted by Gasteiger charge is 2.27. The minimum atomic E-state index is -1.58. The molecule has 11 heteroatoms. The lowest BCUT2D eigenvalue weighted by Crippen LogP contribution is -2.42. The highest BCUT2D eigenvalue weighted by atomic mass is 19.2. The van der Waals surface area contributed by atoms with Gasteiger partial charge in [0.25, 0.3) is 0 Å². The zero-order valence-corrected chi connectivity index (χ0v) is 20.3. The summed E-state index contributed by atoms with van der Waals surface area (Å²) in [6.45, 7) is 7.09. The van der Waals surface area contributed by atoms with Crippen LogP contribution in [0.4, 0.5) is 35.2 Å². The third-order valence-electron chi connectivity index (χ3n) is 5.80. The van der Waals surface area contributed by atoms with Gasteiger partial charge in [0.2, 0.25) is 0 Å². The first kappa shape index (κ1) is 25.3. The molecule has 1 amide bonds. The number of aromatic nitrogens is 2. The highest BCUT2D eigenvalue weighted by molar-refractivity contribution is 5.94. The summed E-state index contributed by atoms with van der Waals surface area (Å²) < 4.78 is 52.4. The smallest absolute Gasteiger partial charge is 0.410 e. The zero-order valence-electron chi connectivity index (χ0n) is 20.3. The standard InChI is InChI=1S/C25H28F3N5O3/c1-25(2,3)36-24(34)33-8-6-14(7-9-33)12-35-20-11-19-15(10-17(20)29)23(31-13-30-19)32-18-5-4-16(26)21(27)22(18)28/h4-5,10-11,13-14H,6-9,12,29H2,1-3H3,(H,30,31,32). The first-order valence-electron chi connectivity index (χ1n) is 11.6. The van der Waals surface area contributed by atoms with E-state index in [1.165, 1.54) is 6.33 Å². The number of likely N-dealkylation sites (tertiary alicyclic amines) is 1. The molecule has 4 rings (SSSR count). The molecule has 2 aromatic carbocycles. The van der Waals surface area contributed by atoms with E-state index >= 15 is 0 Å². The molecule has 0 unspecified atom stereocenters. The van der Waals surface area contributed by atoms with E-state index in [4.69, 9.17) is 15.2 Å². The maximum Gasteiger partial charge on any atom is 0.410 e. The summed E-state index contributed by atoms with van der Waals surface area (Å²) in [6, 6.07) is 5.13. The molecule has 1 saturated heterocycles. The van der Waals surface area contributed by atoms with Crippen LogP contribution in [0.2, 0.25) is 0 Å². The number of ether oxygens (including phenoxy) is 2. The third kappa shape index (κ3) is 5.72. The van der Waals surface area contributed by atoms with Crippen LogP contribution in [0.25, 0.3) is 10.9 Å². The van der Waals surface area contributed by atoms with Gasteiger partial charge in [-0.1, -0.05) is 0 Å². The number of nitrogens with zero attached hydrogens (tertiary/aromatic N) is 3. The van der Waals surface area contributed by atoms with Gasteiger partial charge in [0.15, 0.2) is 17.5 Å². The Bertz CT molecular complexity index is 1270. The minimum Gasteiger partial charge on any atom is -0.491 e. The summed E-state index contributed by atoms with van der Waals surface area (Å²) in [6.07, 6.45) is 2.48. The second-order valence-electron chi connectivity index (χ2n) is 9.70. The van der Waals surface area contributed by atoms with Gasteiger partial charge >= 0.3 is 6.09 Å². The number of hydrogen-bond donors (Lipinski definition) is 2. The maximum atomic E-state index is 14.1. The molecule has 1 aliphatic rings. The van der Waals surface area contributed by atoms with E-state index in [0.717, 1.165) is 25.0 Å². The van der Waals surface area contributed by atoms with Crippen molar-refractivity contribution in [3.05, 3.63) is 48.0 Å². The molecule has 0 radical (unpaired) electrons. The van der Waals surface area contributed by atoms with Crippen molar-refractivity contribution in [3.63, 3.8) is 0 Å². The van der Waals surface area contributed by atoms with Crippen molar-refractivity contribution in [1.29, 1.82) is 0 Å². The van der Waals surface area contributed by atoms with E-state index in [0.29, 0.717) is 42.0 Å². The molecule has 3 N–H and O–H groups in total. The Labute approximate surface area is 206 Å². The van der Waals surface area contributed by atoms with Gasteiger partial charge < -0.3 is 25.4 Å². The quantitative estimate of drug-likeness (QED) is 0.355. The number of piperidine rings is 1. The van der Waals surface area contributed by atoms with Crippen LogP contribution in [-0.4, -0.2) is 46.3 Å². The van der Waals surface area contributed by atoms with Crippen LogP contribution in [0, 0.1) is 23.4 Å². The summed E-state index contributed by atoms with van der Waals surface area (Å²) in [4.78, 5) is 22.3. The van der Waals surface area contributed by atoms with Gasteiger partial charge in [-0.3, -0.25) is 0 Å². The first-order chi connectivity index (χ1) is 17.0. The molecular formula is C25H28F3N5O3. The fourth-order valence-corrected chi connectivity index (χ4v) is 3.89. The van der Waals surface area contributed by atoms with Crippen molar-refractivity contribution in [2.24, 2.45) is 5.92 Å². The van der Waals surface area contributed by atoms with E-state index in [1.54, 1.807) is 17.0 Å². The van der Waals surface area contributed by atoms with Crippen molar-refractivity contribution < 1.29 is 27.4 Å². The Morgan fingerprint density at radius 2 is 1.86 bits per heavy atom. The number of benzene rings is 2. The first-order valence-corrected chi connectivity index (χ1v) is 11.6. The van der Waals surface area contributed by atoms with E-state index in [1.807, 2.05) is 20.8 Å². The lowest BCUT2D eigenvalue weighted by molar-refractivity contribution is 0.0165. The number of fused-ring (bicyclic) bond motifs is 1. The number of halogens is 3. The molecule has 1 aromatic heterocycles. The lowest BCUT2D eigenvalue weighted by Gasteiger charge is -2.33. The van der Waals surface area contributed by atoms with Crippen molar-refractivity contribution in [2.45, 2.75) is 39.2 Å². The molecule has 0 bridgehead atoms. The molecule has 0 aliphatic carbocycles. The lowest BCUT2D eigenvalue weighted by atomic mass is 9.98. The molecule has 8 nitrogen and oxygen atoms in total. The Hall–Kier alpha value is -3.76. The van der Waals surface area contributed by atoms with E-state index < -0.39 is 23.1 Å². The SMILES string of the molecule is CC(C)(C)OC(=O)N1CCC(COc2cc3ncnc(Nc4ccc(F)c(F)c4F)c3cc2N)CC1. The highest BCUT2D eigenvalue weighted by Crippen LogP contribution is 2.33. The van der Waals surface area contributed by atoms with E-state index in [-0.39, 0.29) is 23.5 Å². The number of hydrogen-bond acceptors (Lipinski definition) is 7. The summed E-state index contributed by atoms with van der Waals surface area (Å²) >= 11 is 0. The van der Waals surface area contributed by atoms with Crippen LogP contribution < -0.4 is 15.8 Å². The number of rotatable bonds is 5. The van der Waals surface area contributed by atoms with Crippen molar-refractivity contribution in [2.75, 3.05) is 30.7 Å². The van der Waals surface area contributed by atoms with E-state index in [9.17, 15) is 18.0 Å².